The van der Waals surface area contributed by atoms with E-state index >= 15 is 0 Å². The number of phenolic OH excluding ortho intramolecular Hbond substituents is 1. The Hall–Kier alpha value is -2.27. The van der Waals surface area contributed by atoms with Crippen LogP contribution in [0.5, 0.6) is 5.75 Å². The van der Waals surface area contributed by atoms with Crippen molar-refractivity contribution in [2.24, 2.45) is 0 Å². The Morgan fingerprint density at radius 2 is 2.15 bits per heavy atom. The number of carbonyl (C=O) groups is 1. The van der Waals surface area contributed by atoms with Gasteiger partial charge in [0.1, 0.15) is 5.75 Å². The molecule has 5 heteroatoms. The molecule has 1 aromatic carbocycles. The standard InChI is InChI=1S/C15H13NO3S/c1-8(12-3-2-6-20-12)14-13(15(18)19)10-7-9(17)4-5-11(10)16-14/h2-8,16-17H,1H3,(H,18,19). The number of aromatic carboxylic acids is 1. The molecule has 0 aliphatic rings. The van der Waals surface area contributed by atoms with E-state index in [-0.39, 0.29) is 17.2 Å². The highest BCUT2D eigenvalue weighted by atomic mass is 32.1. The first-order valence-electron chi connectivity index (χ1n) is 6.19. The Morgan fingerprint density at radius 3 is 2.80 bits per heavy atom. The summed E-state index contributed by atoms with van der Waals surface area (Å²) in [6, 6.07) is 8.67. The first kappa shape index (κ1) is 12.7. The summed E-state index contributed by atoms with van der Waals surface area (Å²) < 4.78 is 0. The topological polar surface area (TPSA) is 73.3 Å². The second kappa shape index (κ2) is 4.68. The van der Waals surface area contributed by atoms with Gasteiger partial charge >= 0.3 is 5.97 Å². The number of thiophene rings is 1. The molecule has 0 aliphatic heterocycles. The molecule has 0 saturated heterocycles. The van der Waals surface area contributed by atoms with Gasteiger partial charge in [0.2, 0.25) is 0 Å². The van der Waals surface area contributed by atoms with Gasteiger partial charge in [-0.15, -0.1) is 11.3 Å². The average Bonchev–Trinajstić information content (AvgIpc) is 3.04. The van der Waals surface area contributed by atoms with Crippen LogP contribution in [0, 0.1) is 0 Å². The third-order valence-corrected chi connectivity index (χ3v) is 4.48. The summed E-state index contributed by atoms with van der Waals surface area (Å²) in [6.07, 6.45) is 0. The highest BCUT2D eigenvalue weighted by molar-refractivity contribution is 7.10. The zero-order valence-corrected chi connectivity index (χ0v) is 11.6. The van der Waals surface area contributed by atoms with Crippen molar-refractivity contribution < 1.29 is 15.0 Å². The van der Waals surface area contributed by atoms with Gasteiger partial charge in [-0.05, 0) is 29.6 Å². The maximum Gasteiger partial charge on any atom is 0.338 e. The smallest absolute Gasteiger partial charge is 0.338 e. The molecule has 0 amide bonds. The normalized spacial score (nSPS) is 12.7. The lowest BCUT2D eigenvalue weighted by Crippen LogP contribution is -2.04. The van der Waals surface area contributed by atoms with Gasteiger partial charge in [0, 0.05) is 27.4 Å². The Balaban J connectivity index is 2.24. The van der Waals surface area contributed by atoms with E-state index in [0.29, 0.717) is 11.1 Å². The van der Waals surface area contributed by atoms with E-state index in [4.69, 9.17) is 0 Å². The molecule has 0 radical (unpaired) electrons. The lowest BCUT2D eigenvalue weighted by molar-refractivity contribution is 0.0697. The summed E-state index contributed by atoms with van der Waals surface area (Å²) in [5.41, 5.74) is 1.62. The molecule has 0 aliphatic carbocycles. The highest BCUT2D eigenvalue weighted by Crippen LogP contribution is 2.34. The fourth-order valence-electron chi connectivity index (χ4n) is 2.44. The van der Waals surface area contributed by atoms with Gasteiger partial charge in [-0.3, -0.25) is 0 Å². The highest BCUT2D eigenvalue weighted by Gasteiger charge is 2.23. The Bertz CT molecular complexity index is 774. The summed E-state index contributed by atoms with van der Waals surface area (Å²) in [5, 5.41) is 21.6. The second-order valence-electron chi connectivity index (χ2n) is 4.69. The summed E-state index contributed by atoms with van der Waals surface area (Å²) in [5.74, 6) is -0.953. The Morgan fingerprint density at radius 1 is 1.35 bits per heavy atom. The summed E-state index contributed by atoms with van der Waals surface area (Å²) >= 11 is 1.60. The number of carboxylic acids is 1. The number of hydrogen-bond donors (Lipinski definition) is 3. The van der Waals surface area contributed by atoms with Crippen LogP contribution in [-0.2, 0) is 0 Å². The van der Waals surface area contributed by atoms with Crippen molar-refractivity contribution in [2.45, 2.75) is 12.8 Å². The first-order chi connectivity index (χ1) is 9.58. The minimum atomic E-state index is -0.986. The second-order valence-corrected chi connectivity index (χ2v) is 5.67. The van der Waals surface area contributed by atoms with Crippen molar-refractivity contribution in [1.29, 1.82) is 0 Å². The number of rotatable bonds is 3. The lowest BCUT2D eigenvalue weighted by Gasteiger charge is -2.08. The molecule has 3 N–H and O–H groups in total. The van der Waals surface area contributed by atoms with E-state index in [2.05, 4.69) is 4.98 Å². The molecule has 20 heavy (non-hydrogen) atoms. The average molecular weight is 287 g/mol. The van der Waals surface area contributed by atoms with Gasteiger partial charge < -0.3 is 15.2 Å². The summed E-state index contributed by atoms with van der Waals surface area (Å²) in [7, 11) is 0. The third kappa shape index (κ3) is 1.96. The first-order valence-corrected chi connectivity index (χ1v) is 7.07. The summed E-state index contributed by atoms with van der Waals surface area (Å²) in [4.78, 5) is 15.9. The minimum absolute atomic E-state index is 0.0318. The van der Waals surface area contributed by atoms with E-state index in [1.54, 1.807) is 23.5 Å². The molecule has 0 bridgehead atoms. The number of benzene rings is 1. The van der Waals surface area contributed by atoms with E-state index < -0.39 is 5.97 Å². The number of aromatic nitrogens is 1. The molecule has 3 aromatic rings. The zero-order valence-electron chi connectivity index (χ0n) is 10.8. The van der Waals surface area contributed by atoms with Gasteiger partial charge in [0.05, 0.1) is 5.56 Å². The Kier molecular flexibility index (Phi) is 2.99. The minimum Gasteiger partial charge on any atom is -0.508 e. The van der Waals surface area contributed by atoms with Crippen molar-refractivity contribution in [2.75, 3.05) is 0 Å². The van der Waals surface area contributed by atoms with Gasteiger partial charge in [0.15, 0.2) is 0 Å². The molecule has 1 atom stereocenters. The molecule has 0 fully saturated rings. The summed E-state index contributed by atoms with van der Waals surface area (Å²) in [6.45, 7) is 1.98. The molecular weight excluding hydrogens is 274 g/mol. The predicted octanol–water partition coefficient (Wildman–Crippen LogP) is 3.79. The lowest BCUT2D eigenvalue weighted by atomic mass is 10.0. The molecule has 4 nitrogen and oxygen atoms in total. The number of carboxylic acid groups (broad SMARTS) is 1. The van der Waals surface area contributed by atoms with Gasteiger partial charge in [-0.2, -0.15) is 0 Å². The van der Waals surface area contributed by atoms with Crippen LogP contribution in [0.15, 0.2) is 35.7 Å². The van der Waals surface area contributed by atoms with E-state index in [0.717, 1.165) is 10.4 Å². The van der Waals surface area contributed by atoms with Gasteiger partial charge in [-0.1, -0.05) is 13.0 Å². The monoisotopic (exact) mass is 287 g/mol. The van der Waals surface area contributed by atoms with Crippen LogP contribution in [0.4, 0.5) is 0 Å². The number of aromatic hydroxyl groups is 1. The van der Waals surface area contributed by atoms with Crippen molar-refractivity contribution in [3.05, 3.63) is 51.8 Å². The van der Waals surface area contributed by atoms with Crippen LogP contribution in [0.25, 0.3) is 10.9 Å². The maximum absolute atomic E-state index is 11.6. The van der Waals surface area contributed by atoms with Crippen molar-refractivity contribution in [3.63, 3.8) is 0 Å². The molecule has 2 heterocycles. The van der Waals surface area contributed by atoms with Crippen LogP contribution in [0.2, 0.25) is 0 Å². The number of fused-ring (bicyclic) bond motifs is 1. The maximum atomic E-state index is 11.6. The van der Waals surface area contributed by atoms with Gasteiger partial charge in [0.25, 0.3) is 0 Å². The molecule has 1 unspecified atom stereocenters. The number of phenols is 1. The molecule has 0 saturated carbocycles. The van der Waals surface area contributed by atoms with Crippen LogP contribution < -0.4 is 0 Å². The zero-order chi connectivity index (χ0) is 14.3. The SMILES string of the molecule is CC(c1cccs1)c1[nH]c2ccc(O)cc2c1C(=O)O. The van der Waals surface area contributed by atoms with E-state index in [1.807, 2.05) is 24.4 Å². The number of hydrogen-bond acceptors (Lipinski definition) is 3. The predicted molar refractivity (Wildman–Crippen MR) is 78.8 cm³/mol. The number of aromatic amines is 1. The quantitative estimate of drug-likeness (QED) is 0.686. The number of H-pyrrole nitrogens is 1. The molecule has 102 valence electrons. The fraction of sp³-hybridized carbons (Fsp3) is 0.133. The molecule has 3 rings (SSSR count). The van der Waals surface area contributed by atoms with Crippen LogP contribution in [0.3, 0.4) is 0 Å². The van der Waals surface area contributed by atoms with Crippen LogP contribution in [-0.4, -0.2) is 21.2 Å². The molecular formula is C15H13NO3S. The largest absolute Gasteiger partial charge is 0.508 e. The fourth-order valence-corrected chi connectivity index (χ4v) is 3.23. The van der Waals surface area contributed by atoms with E-state index in [1.165, 1.54) is 6.07 Å². The Labute approximate surface area is 119 Å². The van der Waals surface area contributed by atoms with E-state index in [9.17, 15) is 15.0 Å². The van der Waals surface area contributed by atoms with Crippen LogP contribution in [0.1, 0.15) is 33.8 Å². The number of nitrogens with one attached hydrogen (secondary N) is 1. The van der Waals surface area contributed by atoms with Gasteiger partial charge in [-0.25, -0.2) is 4.79 Å². The van der Waals surface area contributed by atoms with Crippen LogP contribution >= 0.6 is 11.3 Å². The van der Waals surface area contributed by atoms with Crippen molar-refractivity contribution >= 4 is 28.2 Å². The van der Waals surface area contributed by atoms with Crippen molar-refractivity contribution in [1.82, 2.24) is 4.98 Å². The molecule has 0 spiro atoms. The van der Waals surface area contributed by atoms with Crippen molar-refractivity contribution in [3.8, 4) is 5.75 Å². The molecule has 2 aromatic heterocycles. The third-order valence-electron chi connectivity index (χ3n) is 3.43.